The molecule has 0 amide bonds. The summed E-state index contributed by atoms with van der Waals surface area (Å²) in [5.74, 6) is -0.656. The van der Waals surface area contributed by atoms with E-state index >= 15 is 0 Å². The second kappa shape index (κ2) is 5.03. The highest BCUT2D eigenvalue weighted by molar-refractivity contribution is 6.30. The molecular weight excluding hydrogens is 294 g/mol. The average Bonchev–Trinajstić information content (AvgIpc) is 2.41. The van der Waals surface area contributed by atoms with Crippen LogP contribution in [0.5, 0.6) is 11.5 Å². The summed E-state index contributed by atoms with van der Waals surface area (Å²) in [5, 5.41) is 23.1. The molecule has 5 nitrogen and oxygen atoms in total. The summed E-state index contributed by atoms with van der Waals surface area (Å²) < 4.78 is 5.01. The van der Waals surface area contributed by atoms with E-state index in [1.165, 1.54) is 18.2 Å². The number of hydrogen-bond donors (Lipinski definition) is 3. The fourth-order valence-electron chi connectivity index (χ4n) is 2.01. The third-order valence-corrected chi connectivity index (χ3v) is 3.18. The van der Waals surface area contributed by atoms with Gasteiger partial charge in [0.25, 0.3) is 0 Å². The number of rotatable bonds is 2. The minimum atomic E-state index is -0.572. The summed E-state index contributed by atoms with van der Waals surface area (Å²) in [7, 11) is 0. The second-order valence-corrected chi connectivity index (χ2v) is 4.89. The third kappa shape index (κ3) is 2.64. The molecule has 0 unspecified atom stereocenters. The molecule has 0 fully saturated rings. The van der Waals surface area contributed by atoms with Gasteiger partial charge in [-0.2, -0.15) is 0 Å². The summed E-state index contributed by atoms with van der Waals surface area (Å²) in [4.78, 5) is 11.6. The quantitative estimate of drug-likeness (QED) is 0.497. The van der Waals surface area contributed by atoms with Gasteiger partial charge in [0, 0.05) is 28.2 Å². The average molecular weight is 304 g/mol. The van der Waals surface area contributed by atoms with E-state index in [-0.39, 0.29) is 17.1 Å². The molecule has 0 saturated carbocycles. The van der Waals surface area contributed by atoms with Crippen molar-refractivity contribution in [3.63, 3.8) is 0 Å². The number of anilines is 2. The van der Waals surface area contributed by atoms with Crippen LogP contribution in [0.4, 0.5) is 11.4 Å². The van der Waals surface area contributed by atoms with Crippen molar-refractivity contribution in [3.05, 3.63) is 57.9 Å². The molecule has 1 heterocycles. The van der Waals surface area contributed by atoms with Gasteiger partial charge in [0.1, 0.15) is 5.58 Å². The van der Waals surface area contributed by atoms with E-state index in [4.69, 9.17) is 16.0 Å². The monoisotopic (exact) mass is 303 g/mol. The molecule has 2 aromatic carbocycles. The number of benzene rings is 2. The highest BCUT2D eigenvalue weighted by atomic mass is 35.5. The Bertz CT molecular complexity index is 888. The van der Waals surface area contributed by atoms with E-state index in [9.17, 15) is 15.0 Å². The lowest BCUT2D eigenvalue weighted by atomic mass is 10.1. The summed E-state index contributed by atoms with van der Waals surface area (Å²) in [5.41, 5.74) is 0.722. The van der Waals surface area contributed by atoms with E-state index in [1.807, 2.05) is 0 Å². The molecule has 3 aromatic rings. The van der Waals surface area contributed by atoms with Crippen LogP contribution in [0.2, 0.25) is 5.02 Å². The predicted octanol–water partition coefficient (Wildman–Crippen LogP) is 3.60. The predicted molar refractivity (Wildman–Crippen MR) is 80.5 cm³/mol. The first-order chi connectivity index (χ1) is 10.0. The minimum Gasteiger partial charge on any atom is -0.504 e. The number of halogens is 1. The van der Waals surface area contributed by atoms with Crippen LogP contribution in [-0.4, -0.2) is 10.2 Å². The van der Waals surface area contributed by atoms with Crippen molar-refractivity contribution in [1.82, 2.24) is 0 Å². The van der Waals surface area contributed by atoms with Gasteiger partial charge >= 0.3 is 5.63 Å². The third-order valence-electron chi connectivity index (χ3n) is 2.94. The Balaban J connectivity index is 2.17. The first-order valence-corrected chi connectivity index (χ1v) is 6.43. The van der Waals surface area contributed by atoms with Crippen LogP contribution in [-0.2, 0) is 0 Å². The molecule has 0 aliphatic heterocycles. The maximum absolute atomic E-state index is 11.6. The fraction of sp³-hybridized carbons (Fsp3) is 0. The smallest absolute Gasteiger partial charge is 0.338 e. The van der Waals surface area contributed by atoms with Crippen LogP contribution in [0.3, 0.4) is 0 Å². The molecule has 3 rings (SSSR count). The van der Waals surface area contributed by atoms with Crippen LogP contribution in [0, 0.1) is 0 Å². The van der Waals surface area contributed by atoms with Gasteiger partial charge in [-0.1, -0.05) is 17.7 Å². The van der Waals surface area contributed by atoms with Gasteiger partial charge in [-0.05, 0) is 24.3 Å². The largest absolute Gasteiger partial charge is 0.504 e. The number of hydrogen-bond acceptors (Lipinski definition) is 5. The molecule has 3 N–H and O–H groups in total. The van der Waals surface area contributed by atoms with Crippen LogP contribution >= 0.6 is 11.6 Å². The van der Waals surface area contributed by atoms with Gasteiger partial charge < -0.3 is 19.9 Å². The molecule has 0 saturated heterocycles. The van der Waals surface area contributed by atoms with Gasteiger partial charge in [-0.3, -0.25) is 0 Å². The molecule has 0 aliphatic carbocycles. The van der Waals surface area contributed by atoms with Crippen molar-refractivity contribution in [2.24, 2.45) is 0 Å². The van der Waals surface area contributed by atoms with Crippen LogP contribution in [0.25, 0.3) is 11.0 Å². The van der Waals surface area contributed by atoms with Crippen molar-refractivity contribution >= 4 is 33.9 Å². The summed E-state index contributed by atoms with van der Waals surface area (Å²) >= 11 is 5.91. The molecule has 0 aliphatic rings. The van der Waals surface area contributed by atoms with E-state index in [1.54, 1.807) is 24.3 Å². The summed E-state index contributed by atoms with van der Waals surface area (Å²) in [6.07, 6.45) is 0. The lowest BCUT2D eigenvalue weighted by molar-refractivity contribution is 0.403. The second-order valence-electron chi connectivity index (χ2n) is 4.45. The Hall–Kier alpha value is -2.66. The first-order valence-electron chi connectivity index (χ1n) is 6.05. The lowest BCUT2D eigenvalue weighted by Gasteiger charge is -2.10. The Kier molecular flexibility index (Phi) is 3.19. The fourth-order valence-corrected chi connectivity index (χ4v) is 2.20. The Morgan fingerprint density at radius 1 is 1.05 bits per heavy atom. The van der Waals surface area contributed by atoms with Crippen molar-refractivity contribution in [1.29, 1.82) is 0 Å². The van der Waals surface area contributed by atoms with E-state index in [0.29, 0.717) is 21.8 Å². The molecule has 0 radical (unpaired) electrons. The number of aromatic hydroxyl groups is 2. The van der Waals surface area contributed by atoms with Crippen molar-refractivity contribution < 1.29 is 14.6 Å². The zero-order valence-corrected chi connectivity index (χ0v) is 11.4. The molecule has 6 heteroatoms. The van der Waals surface area contributed by atoms with E-state index in [2.05, 4.69) is 5.32 Å². The van der Waals surface area contributed by atoms with Gasteiger partial charge in [-0.15, -0.1) is 0 Å². The molecule has 21 heavy (non-hydrogen) atoms. The normalized spacial score (nSPS) is 10.7. The summed E-state index contributed by atoms with van der Waals surface area (Å²) in [6, 6.07) is 10.7. The summed E-state index contributed by atoms with van der Waals surface area (Å²) in [6.45, 7) is 0. The molecule has 106 valence electrons. The number of nitrogens with one attached hydrogen (secondary N) is 1. The number of fused-ring (bicyclic) bond motifs is 1. The van der Waals surface area contributed by atoms with Crippen LogP contribution < -0.4 is 10.9 Å². The van der Waals surface area contributed by atoms with Crippen molar-refractivity contribution in [2.45, 2.75) is 0 Å². The zero-order valence-electron chi connectivity index (χ0n) is 10.6. The van der Waals surface area contributed by atoms with Crippen molar-refractivity contribution in [2.75, 3.05) is 5.32 Å². The van der Waals surface area contributed by atoms with Gasteiger partial charge in [0.15, 0.2) is 11.5 Å². The molecule has 0 spiro atoms. The minimum absolute atomic E-state index is 0.169. The molecule has 0 bridgehead atoms. The number of phenolic OH excluding ortho intramolecular Hbond substituents is 2. The highest BCUT2D eigenvalue weighted by Crippen LogP contribution is 2.34. The molecule has 1 aromatic heterocycles. The van der Waals surface area contributed by atoms with Crippen LogP contribution in [0.1, 0.15) is 0 Å². The lowest BCUT2D eigenvalue weighted by Crippen LogP contribution is -2.01. The van der Waals surface area contributed by atoms with E-state index in [0.717, 1.165) is 0 Å². The van der Waals surface area contributed by atoms with Crippen molar-refractivity contribution in [3.8, 4) is 11.5 Å². The number of phenols is 2. The molecule has 0 atom stereocenters. The Labute approximate surface area is 124 Å². The van der Waals surface area contributed by atoms with Gasteiger partial charge in [0.2, 0.25) is 0 Å². The standard InChI is InChI=1S/C15H10ClNO4/c16-8-2-1-3-9(4-8)17-11-6-15(20)21-14-7-13(19)12(18)5-10(11)14/h1-7,17-19H. The van der Waals surface area contributed by atoms with E-state index < -0.39 is 5.63 Å². The topological polar surface area (TPSA) is 82.7 Å². The molecular formula is C15H10ClNO4. The Morgan fingerprint density at radius 3 is 2.57 bits per heavy atom. The first kappa shape index (κ1) is 13.3. The van der Waals surface area contributed by atoms with Gasteiger partial charge in [-0.25, -0.2) is 4.79 Å². The zero-order chi connectivity index (χ0) is 15.0. The maximum atomic E-state index is 11.6. The highest BCUT2D eigenvalue weighted by Gasteiger charge is 2.10. The maximum Gasteiger partial charge on any atom is 0.338 e. The SMILES string of the molecule is O=c1cc(Nc2cccc(Cl)c2)c2cc(O)c(O)cc2o1. The van der Waals surface area contributed by atoms with Gasteiger partial charge in [0.05, 0.1) is 5.69 Å². The van der Waals surface area contributed by atoms with Crippen LogP contribution in [0.15, 0.2) is 51.7 Å². The Morgan fingerprint density at radius 2 is 1.81 bits per heavy atom.